The van der Waals surface area contributed by atoms with Gasteiger partial charge in [0.1, 0.15) is 5.92 Å². The smallest absolute Gasteiger partial charge is 0.277 e. The molecule has 1 aliphatic rings. The van der Waals surface area contributed by atoms with E-state index in [4.69, 9.17) is 0 Å². The molecule has 0 bridgehead atoms. The molecule has 1 heterocycles. The van der Waals surface area contributed by atoms with Crippen LogP contribution < -0.4 is 5.32 Å². The first-order valence-corrected chi connectivity index (χ1v) is 5.76. The van der Waals surface area contributed by atoms with Crippen LogP contribution in [0.5, 0.6) is 0 Å². The molecule has 18 heavy (non-hydrogen) atoms. The molecule has 1 atom stereocenters. The molecule has 1 aliphatic heterocycles. The molecule has 0 aromatic heterocycles. The number of hydrogen-bond donors (Lipinski definition) is 1. The highest BCUT2D eigenvalue weighted by molar-refractivity contribution is 6.15. The Balaban J connectivity index is 2.02. The molecule has 1 aromatic rings. The third-order valence-corrected chi connectivity index (χ3v) is 3.04. The number of barbiturate groups is 1. The Hall–Kier alpha value is -2.17. The van der Waals surface area contributed by atoms with Crippen molar-refractivity contribution in [3.8, 4) is 0 Å². The predicted molar refractivity (Wildman–Crippen MR) is 64.6 cm³/mol. The fourth-order valence-electron chi connectivity index (χ4n) is 1.93. The van der Waals surface area contributed by atoms with Crippen molar-refractivity contribution in [1.29, 1.82) is 0 Å². The van der Waals surface area contributed by atoms with E-state index in [9.17, 15) is 14.4 Å². The standard InChI is InChI=1S/C13H14N2O3/c1-15-12(17)10(11(16)14-13(15)18)8-7-9-5-3-2-4-6-9/h2-6,10H,7-8H2,1H3,(H,14,16,18). The number of nitrogens with zero attached hydrogens (tertiary/aromatic N) is 1. The molecule has 0 aliphatic carbocycles. The van der Waals surface area contributed by atoms with E-state index in [0.29, 0.717) is 12.8 Å². The van der Waals surface area contributed by atoms with Gasteiger partial charge in [-0.25, -0.2) is 4.79 Å². The number of carbonyl (C=O) groups excluding carboxylic acids is 3. The number of benzene rings is 1. The summed E-state index contributed by atoms with van der Waals surface area (Å²) in [6, 6.07) is 8.97. The summed E-state index contributed by atoms with van der Waals surface area (Å²) in [5.41, 5.74) is 1.07. The number of urea groups is 1. The van der Waals surface area contributed by atoms with E-state index in [0.717, 1.165) is 10.5 Å². The number of aryl methyl sites for hydroxylation is 1. The van der Waals surface area contributed by atoms with Gasteiger partial charge in [-0.2, -0.15) is 0 Å². The number of carbonyl (C=O) groups is 3. The van der Waals surface area contributed by atoms with Crippen LogP contribution in [0.15, 0.2) is 30.3 Å². The lowest BCUT2D eigenvalue weighted by Gasteiger charge is -2.27. The molecule has 0 radical (unpaired) electrons. The first-order valence-electron chi connectivity index (χ1n) is 5.76. The number of hydrogen-bond acceptors (Lipinski definition) is 3. The van der Waals surface area contributed by atoms with Gasteiger partial charge < -0.3 is 0 Å². The lowest BCUT2D eigenvalue weighted by atomic mass is 9.96. The van der Waals surface area contributed by atoms with Crippen LogP contribution in [0.1, 0.15) is 12.0 Å². The highest BCUT2D eigenvalue weighted by Gasteiger charge is 2.37. The van der Waals surface area contributed by atoms with E-state index < -0.39 is 23.8 Å². The molecule has 2 rings (SSSR count). The lowest BCUT2D eigenvalue weighted by Crippen LogP contribution is -2.56. The van der Waals surface area contributed by atoms with Gasteiger partial charge in [-0.1, -0.05) is 30.3 Å². The van der Waals surface area contributed by atoms with Crippen molar-refractivity contribution in [3.63, 3.8) is 0 Å². The molecular formula is C13H14N2O3. The predicted octanol–water partition coefficient (Wildman–Crippen LogP) is 0.944. The van der Waals surface area contributed by atoms with Gasteiger partial charge in [0.05, 0.1) is 0 Å². The van der Waals surface area contributed by atoms with E-state index in [1.165, 1.54) is 7.05 Å². The van der Waals surface area contributed by atoms with Crippen molar-refractivity contribution in [3.05, 3.63) is 35.9 Å². The highest BCUT2D eigenvalue weighted by Crippen LogP contribution is 2.16. The average molecular weight is 246 g/mol. The van der Waals surface area contributed by atoms with E-state index in [1.807, 2.05) is 30.3 Å². The van der Waals surface area contributed by atoms with Crippen molar-refractivity contribution in [2.45, 2.75) is 12.8 Å². The van der Waals surface area contributed by atoms with E-state index in [1.54, 1.807) is 0 Å². The third-order valence-electron chi connectivity index (χ3n) is 3.04. The molecule has 5 heteroatoms. The maximum Gasteiger partial charge on any atom is 0.330 e. The lowest BCUT2D eigenvalue weighted by molar-refractivity contribution is -0.141. The van der Waals surface area contributed by atoms with Crippen molar-refractivity contribution in [1.82, 2.24) is 10.2 Å². The van der Waals surface area contributed by atoms with Crippen LogP contribution in [0.25, 0.3) is 0 Å². The Labute approximate surface area is 105 Å². The zero-order chi connectivity index (χ0) is 13.1. The Morgan fingerprint density at radius 2 is 1.83 bits per heavy atom. The minimum atomic E-state index is -0.770. The van der Waals surface area contributed by atoms with Crippen LogP contribution in [0.2, 0.25) is 0 Å². The molecule has 5 nitrogen and oxygen atoms in total. The molecule has 1 N–H and O–H groups in total. The minimum Gasteiger partial charge on any atom is -0.277 e. The molecule has 4 amide bonds. The molecular weight excluding hydrogens is 232 g/mol. The second-order valence-corrected chi connectivity index (χ2v) is 4.27. The first-order chi connectivity index (χ1) is 8.59. The van der Waals surface area contributed by atoms with Gasteiger partial charge in [0.25, 0.3) is 0 Å². The maximum absolute atomic E-state index is 11.8. The summed E-state index contributed by atoms with van der Waals surface area (Å²) >= 11 is 0. The number of rotatable bonds is 3. The van der Waals surface area contributed by atoms with Crippen molar-refractivity contribution in [2.24, 2.45) is 5.92 Å². The zero-order valence-corrected chi connectivity index (χ0v) is 10.1. The SMILES string of the molecule is CN1C(=O)NC(=O)C(CCc2ccccc2)C1=O. The summed E-state index contributed by atoms with van der Waals surface area (Å²) in [5.74, 6) is -1.70. The van der Waals surface area contributed by atoms with Crippen molar-refractivity contribution < 1.29 is 14.4 Å². The number of amides is 4. The van der Waals surface area contributed by atoms with Crippen molar-refractivity contribution >= 4 is 17.8 Å². The van der Waals surface area contributed by atoms with Gasteiger partial charge in [0.2, 0.25) is 11.8 Å². The van der Waals surface area contributed by atoms with Crippen LogP contribution >= 0.6 is 0 Å². The summed E-state index contributed by atoms with van der Waals surface area (Å²) in [7, 11) is 1.37. The Morgan fingerprint density at radius 1 is 1.17 bits per heavy atom. The molecule has 0 saturated carbocycles. The monoisotopic (exact) mass is 246 g/mol. The Bertz CT molecular complexity index is 484. The van der Waals surface area contributed by atoms with E-state index in [-0.39, 0.29) is 0 Å². The normalized spacial score (nSPS) is 19.9. The summed E-state index contributed by atoms with van der Waals surface area (Å²) in [6.07, 6.45) is 1.04. The fourth-order valence-corrected chi connectivity index (χ4v) is 1.93. The second-order valence-electron chi connectivity index (χ2n) is 4.27. The van der Waals surface area contributed by atoms with Gasteiger partial charge in [0.15, 0.2) is 0 Å². The molecule has 1 unspecified atom stereocenters. The van der Waals surface area contributed by atoms with Gasteiger partial charge >= 0.3 is 6.03 Å². The molecule has 94 valence electrons. The largest absolute Gasteiger partial charge is 0.330 e. The summed E-state index contributed by atoms with van der Waals surface area (Å²) in [6.45, 7) is 0. The van der Waals surface area contributed by atoms with Crippen LogP contribution in [0, 0.1) is 5.92 Å². The van der Waals surface area contributed by atoms with Gasteiger partial charge in [-0.05, 0) is 18.4 Å². The van der Waals surface area contributed by atoms with Crippen molar-refractivity contribution in [2.75, 3.05) is 7.05 Å². The summed E-state index contributed by atoms with van der Waals surface area (Å²) in [4.78, 5) is 35.6. The highest BCUT2D eigenvalue weighted by atomic mass is 16.2. The topological polar surface area (TPSA) is 66.5 Å². The molecule has 0 spiro atoms. The quantitative estimate of drug-likeness (QED) is 0.807. The Kier molecular flexibility index (Phi) is 3.41. The van der Waals surface area contributed by atoms with Crippen LogP contribution in [0.4, 0.5) is 4.79 Å². The summed E-state index contributed by atoms with van der Waals surface area (Å²) in [5, 5.41) is 2.17. The van der Waals surface area contributed by atoms with Gasteiger partial charge in [-0.15, -0.1) is 0 Å². The van der Waals surface area contributed by atoms with Crippen LogP contribution in [0.3, 0.4) is 0 Å². The van der Waals surface area contributed by atoms with Gasteiger partial charge in [-0.3, -0.25) is 19.8 Å². The third kappa shape index (κ3) is 2.40. The van der Waals surface area contributed by atoms with E-state index in [2.05, 4.69) is 5.32 Å². The molecule has 1 aromatic carbocycles. The van der Waals surface area contributed by atoms with Gasteiger partial charge in [0, 0.05) is 7.05 Å². The van der Waals surface area contributed by atoms with Crippen LogP contribution in [-0.4, -0.2) is 29.8 Å². The molecule has 1 saturated heterocycles. The fraction of sp³-hybridized carbons (Fsp3) is 0.308. The summed E-state index contributed by atoms with van der Waals surface area (Å²) < 4.78 is 0. The van der Waals surface area contributed by atoms with E-state index >= 15 is 0 Å². The van der Waals surface area contributed by atoms with Crippen LogP contribution in [-0.2, 0) is 16.0 Å². The maximum atomic E-state index is 11.8. The number of imide groups is 2. The second kappa shape index (κ2) is 5.00. The number of nitrogens with one attached hydrogen (secondary N) is 1. The Morgan fingerprint density at radius 3 is 2.50 bits per heavy atom. The first kappa shape index (κ1) is 12.3. The minimum absolute atomic E-state index is 0.409. The zero-order valence-electron chi connectivity index (χ0n) is 10.1. The average Bonchev–Trinajstić information content (AvgIpc) is 2.37. The molecule has 1 fully saturated rings.